The van der Waals surface area contributed by atoms with Crippen LogP contribution in [0.3, 0.4) is 0 Å². The van der Waals surface area contributed by atoms with Crippen molar-refractivity contribution in [2.24, 2.45) is 5.92 Å². The van der Waals surface area contributed by atoms with Crippen LogP contribution in [0.4, 0.5) is 5.69 Å². The van der Waals surface area contributed by atoms with Crippen molar-refractivity contribution in [3.8, 4) is 0 Å². The molecule has 2 unspecified atom stereocenters. The van der Waals surface area contributed by atoms with E-state index in [9.17, 15) is 9.59 Å². The summed E-state index contributed by atoms with van der Waals surface area (Å²) in [6, 6.07) is 16.9. The number of carbonyl (C=O) groups is 2. The molecule has 1 fully saturated rings. The van der Waals surface area contributed by atoms with Crippen LogP contribution in [0.25, 0.3) is 0 Å². The van der Waals surface area contributed by atoms with Crippen molar-refractivity contribution in [2.45, 2.75) is 32.7 Å². The average Bonchev–Trinajstić information content (AvgIpc) is 2.69. The van der Waals surface area contributed by atoms with Gasteiger partial charge in [-0.2, -0.15) is 0 Å². The Morgan fingerprint density at radius 3 is 2.57 bits per heavy atom. The van der Waals surface area contributed by atoms with Gasteiger partial charge in [0.25, 0.3) is 5.91 Å². The van der Waals surface area contributed by atoms with E-state index < -0.39 is 0 Å². The number of rotatable bonds is 6. The van der Waals surface area contributed by atoms with Crippen molar-refractivity contribution >= 4 is 17.5 Å². The third-order valence-corrected chi connectivity index (χ3v) is 5.20. The summed E-state index contributed by atoms with van der Waals surface area (Å²) >= 11 is 0. The van der Waals surface area contributed by atoms with Crippen LogP contribution in [0, 0.1) is 5.92 Å². The third kappa shape index (κ3) is 5.42. The van der Waals surface area contributed by atoms with Crippen molar-refractivity contribution in [2.75, 3.05) is 25.0 Å². The molecule has 2 N–H and O–H groups in total. The molecule has 2 atom stereocenters. The Balaban J connectivity index is 1.63. The zero-order valence-electron chi connectivity index (χ0n) is 16.7. The van der Waals surface area contributed by atoms with Gasteiger partial charge in [-0.15, -0.1) is 0 Å². The maximum atomic E-state index is 12.8. The lowest BCUT2D eigenvalue weighted by molar-refractivity contribution is -0.117. The van der Waals surface area contributed by atoms with Crippen molar-refractivity contribution in [3.05, 3.63) is 65.7 Å². The Bertz CT molecular complexity index is 807. The van der Waals surface area contributed by atoms with Gasteiger partial charge in [-0.3, -0.25) is 14.5 Å². The number of nitrogens with one attached hydrogen (secondary N) is 2. The molecule has 0 spiro atoms. The minimum atomic E-state index is -0.196. The van der Waals surface area contributed by atoms with E-state index in [1.807, 2.05) is 49.4 Å². The summed E-state index contributed by atoms with van der Waals surface area (Å²) in [7, 11) is 0. The lowest BCUT2D eigenvalue weighted by Crippen LogP contribution is -2.40. The fraction of sp³-hybridized carbons (Fsp3) is 0.391. The quantitative estimate of drug-likeness (QED) is 0.801. The zero-order valence-corrected chi connectivity index (χ0v) is 16.7. The fourth-order valence-electron chi connectivity index (χ4n) is 3.71. The van der Waals surface area contributed by atoms with Crippen molar-refractivity contribution in [1.82, 2.24) is 10.2 Å². The van der Waals surface area contributed by atoms with Crippen LogP contribution in [0.5, 0.6) is 0 Å². The Hall–Kier alpha value is -2.66. The number of nitrogens with zero attached hydrogens (tertiary/aromatic N) is 1. The second-order valence-electron chi connectivity index (χ2n) is 7.68. The third-order valence-electron chi connectivity index (χ3n) is 5.20. The Morgan fingerprint density at radius 2 is 1.82 bits per heavy atom. The van der Waals surface area contributed by atoms with E-state index in [0.717, 1.165) is 25.1 Å². The highest BCUT2D eigenvalue weighted by Gasteiger charge is 2.20. The highest BCUT2D eigenvalue weighted by molar-refractivity contribution is 6.04. The molecule has 0 aromatic heterocycles. The van der Waals surface area contributed by atoms with Gasteiger partial charge in [-0.1, -0.05) is 49.4 Å². The molecule has 5 heteroatoms. The number of hydrogen-bond donors (Lipinski definition) is 2. The average molecular weight is 380 g/mol. The maximum Gasteiger partial charge on any atom is 0.253 e. The summed E-state index contributed by atoms with van der Waals surface area (Å²) in [5.41, 5.74) is 2.07. The Labute approximate surface area is 167 Å². The number of likely N-dealkylation sites (tertiary alicyclic amines) is 1. The van der Waals surface area contributed by atoms with Gasteiger partial charge in [-0.05, 0) is 49.9 Å². The number of para-hydroxylation sites is 1. The monoisotopic (exact) mass is 379 g/mol. The van der Waals surface area contributed by atoms with E-state index in [0.29, 0.717) is 23.7 Å². The molecule has 148 valence electrons. The first-order valence-electron chi connectivity index (χ1n) is 10.00. The van der Waals surface area contributed by atoms with E-state index in [1.165, 1.54) is 6.42 Å². The van der Waals surface area contributed by atoms with E-state index in [-0.39, 0.29) is 17.9 Å². The minimum absolute atomic E-state index is 0.0783. The molecule has 5 nitrogen and oxygen atoms in total. The molecular formula is C23H29N3O2. The normalized spacial score (nSPS) is 18.3. The number of piperidine rings is 1. The number of carbonyl (C=O) groups excluding carboxylic acids is 2. The van der Waals surface area contributed by atoms with E-state index in [4.69, 9.17) is 0 Å². The van der Waals surface area contributed by atoms with E-state index >= 15 is 0 Å². The molecule has 0 radical (unpaired) electrons. The molecule has 3 rings (SSSR count). The van der Waals surface area contributed by atoms with Crippen molar-refractivity contribution in [1.29, 1.82) is 0 Å². The Kier molecular flexibility index (Phi) is 6.82. The van der Waals surface area contributed by atoms with Gasteiger partial charge in [0.15, 0.2) is 0 Å². The first kappa shape index (κ1) is 20.1. The predicted molar refractivity (Wildman–Crippen MR) is 112 cm³/mol. The summed E-state index contributed by atoms with van der Waals surface area (Å²) < 4.78 is 0. The van der Waals surface area contributed by atoms with E-state index in [1.54, 1.807) is 12.1 Å². The molecule has 0 saturated carbocycles. The van der Waals surface area contributed by atoms with Gasteiger partial charge in [0.05, 0.1) is 23.8 Å². The molecule has 2 aromatic rings. The van der Waals surface area contributed by atoms with Crippen LogP contribution >= 0.6 is 0 Å². The lowest BCUT2D eigenvalue weighted by atomic mass is 10.0. The van der Waals surface area contributed by atoms with Gasteiger partial charge in [-0.25, -0.2) is 0 Å². The second kappa shape index (κ2) is 9.51. The molecule has 2 aromatic carbocycles. The van der Waals surface area contributed by atoms with Crippen molar-refractivity contribution in [3.63, 3.8) is 0 Å². The van der Waals surface area contributed by atoms with Gasteiger partial charge in [0, 0.05) is 6.54 Å². The summed E-state index contributed by atoms with van der Waals surface area (Å²) in [5.74, 6) is 0.350. The lowest BCUT2D eigenvalue weighted by Gasteiger charge is -2.30. The predicted octanol–water partition coefficient (Wildman–Crippen LogP) is 3.85. The van der Waals surface area contributed by atoms with Crippen LogP contribution < -0.4 is 10.6 Å². The fourth-order valence-corrected chi connectivity index (χ4v) is 3.71. The zero-order chi connectivity index (χ0) is 19.9. The molecule has 1 aliphatic heterocycles. The Morgan fingerprint density at radius 1 is 1.11 bits per heavy atom. The number of anilines is 1. The van der Waals surface area contributed by atoms with E-state index in [2.05, 4.69) is 22.5 Å². The summed E-state index contributed by atoms with van der Waals surface area (Å²) in [5, 5.41) is 5.94. The van der Waals surface area contributed by atoms with Crippen LogP contribution in [0.15, 0.2) is 54.6 Å². The largest absolute Gasteiger partial charge is 0.345 e. The van der Waals surface area contributed by atoms with Crippen LogP contribution in [-0.2, 0) is 4.79 Å². The summed E-state index contributed by atoms with van der Waals surface area (Å²) in [6.07, 6.45) is 2.35. The molecule has 1 heterocycles. The highest BCUT2D eigenvalue weighted by atomic mass is 16.2. The summed E-state index contributed by atoms with van der Waals surface area (Å²) in [4.78, 5) is 27.5. The van der Waals surface area contributed by atoms with Crippen molar-refractivity contribution < 1.29 is 9.59 Å². The van der Waals surface area contributed by atoms with Crippen LogP contribution in [0.1, 0.15) is 48.7 Å². The number of hydrogen-bond acceptors (Lipinski definition) is 3. The molecule has 28 heavy (non-hydrogen) atoms. The molecule has 0 bridgehead atoms. The van der Waals surface area contributed by atoms with Crippen LogP contribution in [0.2, 0.25) is 0 Å². The highest BCUT2D eigenvalue weighted by Crippen LogP contribution is 2.19. The maximum absolute atomic E-state index is 12.8. The summed E-state index contributed by atoms with van der Waals surface area (Å²) in [6.45, 7) is 6.43. The van der Waals surface area contributed by atoms with Gasteiger partial charge in [0.2, 0.25) is 5.91 Å². The van der Waals surface area contributed by atoms with Gasteiger partial charge < -0.3 is 10.6 Å². The SMILES string of the molecule is CC1CCCN(CC(=O)Nc2ccccc2C(=O)NC(C)c2ccccc2)C1. The molecule has 0 aliphatic carbocycles. The molecule has 1 saturated heterocycles. The minimum Gasteiger partial charge on any atom is -0.345 e. The molecule has 1 aliphatic rings. The smallest absolute Gasteiger partial charge is 0.253 e. The van der Waals surface area contributed by atoms with Gasteiger partial charge in [0.1, 0.15) is 0 Å². The first-order valence-corrected chi connectivity index (χ1v) is 10.00. The molecular weight excluding hydrogens is 350 g/mol. The van der Waals surface area contributed by atoms with Crippen LogP contribution in [-0.4, -0.2) is 36.3 Å². The first-order chi connectivity index (χ1) is 13.5. The standard InChI is InChI=1S/C23H29N3O2/c1-17-9-8-14-26(15-17)16-22(27)25-21-13-7-6-12-20(21)23(28)24-18(2)19-10-4-3-5-11-19/h3-7,10-13,17-18H,8-9,14-16H2,1-2H3,(H,24,28)(H,25,27). The molecule has 2 amide bonds. The second-order valence-corrected chi connectivity index (χ2v) is 7.68. The topological polar surface area (TPSA) is 61.4 Å². The number of amides is 2. The number of benzene rings is 2. The van der Waals surface area contributed by atoms with Gasteiger partial charge >= 0.3 is 0 Å².